The molecule has 0 aliphatic heterocycles. The molecule has 0 radical (unpaired) electrons. The van der Waals surface area contributed by atoms with Crippen molar-refractivity contribution in [1.29, 1.82) is 0 Å². The second kappa shape index (κ2) is 7.92. The Hall–Kier alpha value is -3.15. The second-order valence-corrected chi connectivity index (χ2v) is 5.43. The van der Waals surface area contributed by atoms with Gasteiger partial charge in [0.05, 0.1) is 6.54 Å². The van der Waals surface area contributed by atoms with Crippen LogP contribution in [0.3, 0.4) is 0 Å². The molecule has 0 saturated heterocycles. The number of amides is 2. The van der Waals surface area contributed by atoms with E-state index in [2.05, 4.69) is 20.7 Å². The summed E-state index contributed by atoms with van der Waals surface area (Å²) in [5, 5.41) is 9.78. The average Bonchev–Trinajstić information content (AvgIpc) is 3.13. The van der Waals surface area contributed by atoms with Crippen LogP contribution in [0.5, 0.6) is 0 Å². The summed E-state index contributed by atoms with van der Waals surface area (Å²) in [4.78, 5) is 15.7. The van der Waals surface area contributed by atoms with Crippen LogP contribution in [-0.2, 0) is 19.6 Å². The molecule has 0 atom stereocenters. The molecule has 0 aliphatic rings. The van der Waals surface area contributed by atoms with E-state index in [0.29, 0.717) is 19.6 Å². The van der Waals surface area contributed by atoms with Crippen LogP contribution >= 0.6 is 0 Å². The van der Waals surface area contributed by atoms with E-state index < -0.39 is 0 Å². The zero-order valence-electron chi connectivity index (χ0n) is 13.2. The van der Waals surface area contributed by atoms with Crippen LogP contribution in [0, 0.1) is 0 Å². The Morgan fingerprint density at radius 1 is 0.875 bits per heavy atom. The molecule has 1 heterocycles. The van der Waals surface area contributed by atoms with Crippen molar-refractivity contribution in [3.63, 3.8) is 0 Å². The van der Waals surface area contributed by atoms with Crippen LogP contribution in [0.15, 0.2) is 67.3 Å². The summed E-state index contributed by atoms with van der Waals surface area (Å²) in [6.07, 6.45) is 3.21. The minimum absolute atomic E-state index is 0.175. The lowest BCUT2D eigenvalue weighted by Crippen LogP contribution is -2.34. The molecule has 6 heteroatoms. The van der Waals surface area contributed by atoms with Crippen molar-refractivity contribution in [3.8, 4) is 0 Å². The maximum Gasteiger partial charge on any atom is 0.315 e. The van der Waals surface area contributed by atoms with Gasteiger partial charge in [0.25, 0.3) is 0 Å². The summed E-state index contributed by atoms with van der Waals surface area (Å²) in [6, 6.07) is 17.7. The fourth-order valence-electron chi connectivity index (χ4n) is 2.29. The van der Waals surface area contributed by atoms with Crippen molar-refractivity contribution in [2.24, 2.45) is 0 Å². The fourth-order valence-corrected chi connectivity index (χ4v) is 2.29. The molecule has 0 bridgehead atoms. The Morgan fingerprint density at radius 2 is 1.50 bits per heavy atom. The van der Waals surface area contributed by atoms with Gasteiger partial charge in [-0.1, -0.05) is 54.6 Å². The molecule has 2 amide bonds. The Morgan fingerprint density at radius 3 is 2.12 bits per heavy atom. The molecule has 6 nitrogen and oxygen atoms in total. The van der Waals surface area contributed by atoms with Gasteiger partial charge >= 0.3 is 6.03 Å². The first-order valence-corrected chi connectivity index (χ1v) is 7.75. The van der Waals surface area contributed by atoms with Gasteiger partial charge < -0.3 is 10.6 Å². The Kier molecular flexibility index (Phi) is 5.19. The lowest BCUT2D eigenvalue weighted by molar-refractivity contribution is 0.240. The van der Waals surface area contributed by atoms with Crippen molar-refractivity contribution < 1.29 is 4.79 Å². The number of nitrogens with one attached hydrogen (secondary N) is 2. The Bertz CT molecular complexity index is 754. The number of hydrogen-bond acceptors (Lipinski definition) is 3. The van der Waals surface area contributed by atoms with Crippen molar-refractivity contribution in [3.05, 3.63) is 83.9 Å². The third-order valence-corrected chi connectivity index (χ3v) is 3.58. The van der Waals surface area contributed by atoms with Gasteiger partial charge in [-0.3, -0.25) is 0 Å². The molecule has 2 aromatic carbocycles. The highest BCUT2D eigenvalue weighted by molar-refractivity contribution is 5.73. The van der Waals surface area contributed by atoms with Crippen LogP contribution in [0.25, 0.3) is 0 Å². The summed E-state index contributed by atoms with van der Waals surface area (Å²) in [5.74, 6) is 0. The maximum atomic E-state index is 11.8. The number of hydrogen-bond donors (Lipinski definition) is 2. The van der Waals surface area contributed by atoms with E-state index in [9.17, 15) is 4.79 Å². The molecule has 2 N–H and O–H groups in total. The summed E-state index contributed by atoms with van der Waals surface area (Å²) < 4.78 is 1.77. The van der Waals surface area contributed by atoms with E-state index in [-0.39, 0.29) is 6.03 Å². The average molecular weight is 321 g/mol. The number of urea groups is 1. The lowest BCUT2D eigenvalue weighted by Gasteiger charge is -2.08. The molecule has 24 heavy (non-hydrogen) atoms. The van der Waals surface area contributed by atoms with Crippen LogP contribution < -0.4 is 10.6 Å². The van der Waals surface area contributed by atoms with Crippen LogP contribution in [-0.4, -0.2) is 20.8 Å². The van der Waals surface area contributed by atoms with Gasteiger partial charge in [0.1, 0.15) is 12.7 Å². The smallest absolute Gasteiger partial charge is 0.315 e. The molecular formula is C18H19N5O. The standard InChI is InChI=1S/C18H19N5O/c24-18(20-10-15-4-2-1-3-5-15)21-11-16-6-8-17(9-7-16)12-23-14-19-13-22-23/h1-9,13-14H,10-12H2,(H2,20,21,24). The highest BCUT2D eigenvalue weighted by Crippen LogP contribution is 2.05. The quantitative estimate of drug-likeness (QED) is 0.732. The predicted molar refractivity (Wildman–Crippen MR) is 91.1 cm³/mol. The minimum Gasteiger partial charge on any atom is -0.334 e. The van der Waals surface area contributed by atoms with Gasteiger partial charge in [-0.15, -0.1) is 0 Å². The topological polar surface area (TPSA) is 71.8 Å². The molecule has 1 aromatic heterocycles. The molecule has 0 unspecified atom stereocenters. The molecule has 3 aromatic rings. The highest BCUT2D eigenvalue weighted by atomic mass is 16.2. The van der Waals surface area contributed by atoms with E-state index in [0.717, 1.165) is 16.7 Å². The monoisotopic (exact) mass is 321 g/mol. The van der Waals surface area contributed by atoms with Crippen molar-refractivity contribution >= 4 is 6.03 Å². The van der Waals surface area contributed by atoms with E-state index in [1.807, 2.05) is 54.6 Å². The van der Waals surface area contributed by atoms with Crippen LogP contribution in [0.1, 0.15) is 16.7 Å². The molecule has 3 rings (SSSR count). The van der Waals surface area contributed by atoms with Crippen molar-refractivity contribution in [2.75, 3.05) is 0 Å². The SMILES string of the molecule is O=C(NCc1ccccc1)NCc1ccc(Cn2cncn2)cc1. The summed E-state index contributed by atoms with van der Waals surface area (Å²) in [6.45, 7) is 1.69. The van der Waals surface area contributed by atoms with Gasteiger partial charge in [-0.05, 0) is 16.7 Å². The molecule has 0 fully saturated rings. The third-order valence-electron chi connectivity index (χ3n) is 3.58. The van der Waals surface area contributed by atoms with Crippen LogP contribution in [0.2, 0.25) is 0 Å². The third kappa shape index (κ3) is 4.67. The molecule has 0 aliphatic carbocycles. The number of aromatic nitrogens is 3. The highest BCUT2D eigenvalue weighted by Gasteiger charge is 2.01. The first-order chi connectivity index (χ1) is 11.8. The van der Waals surface area contributed by atoms with Gasteiger partial charge in [0.2, 0.25) is 0 Å². The van der Waals surface area contributed by atoms with Crippen molar-refractivity contribution in [2.45, 2.75) is 19.6 Å². The van der Waals surface area contributed by atoms with Crippen molar-refractivity contribution in [1.82, 2.24) is 25.4 Å². The van der Waals surface area contributed by atoms with Gasteiger partial charge in [-0.25, -0.2) is 14.5 Å². The van der Waals surface area contributed by atoms with E-state index in [4.69, 9.17) is 0 Å². The first-order valence-electron chi connectivity index (χ1n) is 7.75. The second-order valence-electron chi connectivity index (χ2n) is 5.43. The minimum atomic E-state index is -0.175. The number of nitrogens with zero attached hydrogens (tertiary/aromatic N) is 3. The largest absolute Gasteiger partial charge is 0.334 e. The maximum absolute atomic E-state index is 11.8. The molecule has 0 spiro atoms. The molecule has 122 valence electrons. The summed E-state index contributed by atoms with van der Waals surface area (Å²) in [7, 11) is 0. The zero-order chi connectivity index (χ0) is 16.6. The number of benzene rings is 2. The van der Waals surface area contributed by atoms with E-state index in [1.54, 1.807) is 11.0 Å². The van der Waals surface area contributed by atoms with Gasteiger partial charge in [-0.2, -0.15) is 5.10 Å². The number of carbonyl (C=O) groups excluding carboxylic acids is 1. The van der Waals surface area contributed by atoms with E-state index in [1.165, 1.54) is 6.33 Å². The fraction of sp³-hybridized carbons (Fsp3) is 0.167. The van der Waals surface area contributed by atoms with Crippen LogP contribution in [0.4, 0.5) is 4.79 Å². The van der Waals surface area contributed by atoms with Gasteiger partial charge in [0, 0.05) is 13.1 Å². The summed E-state index contributed by atoms with van der Waals surface area (Å²) in [5.41, 5.74) is 3.26. The first kappa shape index (κ1) is 15.7. The normalized spacial score (nSPS) is 10.3. The number of rotatable bonds is 6. The Labute approximate surface area is 140 Å². The predicted octanol–water partition coefficient (Wildman–Crippen LogP) is 2.33. The number of carbonyl (C=O) groups is 1. The Balaban J connectivity index is 1.43. The van der Waals surface area contributed by atoms with E-state index >= 15 is 0 Å². The summed E-state index contributed by atoms with van der Waals surface area (Å²) >= 11 is 0. The zero-order valence-corrected chi connectivity index (χ0v) is 13.2. The lowest BCUT2D eigenvalue weighted by atomic mass is 10.1. The van der Waals surface area contributed by atoms with Gasteiger partial charge in [0.15, 0.2) is 0 Å². The molecule has 0 saturated carbocycles. The molecular weight excluding hydrogens is 302 g/mol.